The van der Waals surface area contributed by atoms with E-state index in [0.717, 1.165) is 11.0 Å². The number of hydrogen-bond donors (Lipinski definition) is 0. The first kappa shape index (κ1) is 27.0. The number of carbonyl (C=O) groups excluding carboxylic acids is 1. The van der Waals surface area contributed by atoms with Crippen LogP contribution in [0.5, 0.6) is 0 Å². The third kappa shape index (κ3) is 7.38. The van der Waals surface area contributed by atoms with E-state index in [1.165, 1.54) is 31.4 Å². The summed E-state index contributed by atoms with van der Waals surface area (Å²) in [6.07, 6.45) is 9.54. The zero-order valence-corrected chi connectivity index (χ0v) is 19.5. The van der Waals surface area contributed by atoms with Crippen LogP contribution in [0.15, 0.2) is 23.2 Å². The Kier molecular flexibility index (Phi) is 8.84. The summed E-state index contributed by atoms with van der Waals surface area (Å²) in [6.45, 7) is 6.43. The maximum atomic E-state index is 13.3. The molecule has 184 valence electrons. The average Bonchev–Trinajstić information content (AvgIpc) is 2.71. The van der Waals surface area contributed by atoms with E-state index in [9.17, 15) is 26.7 Å². The maximum absolute atomic E-state index is 13.3. The highest BCUT2D eigenvalue weighted by Gasteiger charge is 2.71. The minimum absolute atomic E-state index is 0. The molecular weight excluding hydrogens is 437 g/mol. The van der Waals surface area contributed by atoms with Gasteiger partial charge >= 0.3 is 11.8 Å². The lowest BCUT2D eigenvalue weighted by Gasteiger charge is -2.43. The van der Waals surface area contributed by atoms with Crippen LogP contribution in [0, 0.1) is 36.4 Å². The van der Waals surface area contributed by atoms with Gasteiger partial charge in [0.05, 0.1) is 11.4 Å². The van der Waals surface area contributed by atoms with Gasteiger partial charge in [-0.15, -0.1) is 6.42 Å². The SMILES string of the molecule is C#CC(CCCCC(=O)CC1CC(F)(F)C1(F)F)=Nc1cc(F)ccc1C.CC1(C)CCC1.[HH]. The second-order valence-electron chi connectivity index (χ2n) is 9.83. The first-order valence-electron chi connectivity index (χ1n) is 11.3. The minimum atomic E-state index is -4.10. The van der Waals surface area contributed by atoms with E-state index in [0.29, 0.717) is 30.7 Å². The van der Waals surface area contributed by atoms with Crippen LogP contribution in [0.25, 0.3) is 0 Å². The Balaban J connectivity index is 0.000000716. The Morgan fingerprint density at radius 1 is 1.18 bits per heavy atom. The van der Waals surface area contributed by atoms with Crippen molar-refractivity contribution in [3.63, 3.8) is 0 Å². The lowest BCUT2D eigenvalue weighted by molar-refractivity contribution is -0.313. The number of halogens is 5. The van der Waals surface area contributed by atoms with Crippen LogP contribution in [0.1, 0.15) is 78.6 Å². The van der Waals surface area contributed by atoms with E-state index in [1.54, 1.807) is 13.0 Å². The predicted octanol–water partition coefficient (Wildman–Crippen LogP) is 8.09. The summed E-state index contributed by atoms with van der Waals surface area (Å²) in [7, 11) is 0. The molecule has 1 aromatic rings. The largest absolute Gasteiger partial charge is 0.313 e. The summed E-state index contributed by atoms with van der Waals surface area (Å²) in [4.78, 5) is 16.0. The average molecular weight is 472 g/mol. The fourth-order valence-corrected chi connectivity index (χ4v) is 3.83. The second kappa shape index (κ2) is 10.8. The Morgan fingerprint density at radius 2 is 1.79 bits per heavy atom. The van der Waals surface area contributed by atoms with Crippen LogP contribution in [0.2, 0.25) is 0 Å². The summed E-state index contributed by atoms with van der Waals surface area (Å²) in [5, 5.41) is 0. The van der Waals surface area contributed by atoms with Crippen molar-refractivity contribution < 1.29 is 28.2 Å². The molecule has 0 amide bonds. The van der Waals surface area contributed by atoms with Gasteiger partial charge in [0.1, 0.15) is 11.6 Å². The number of aliphatic imine (C=N–C) groups is 1. The van der Waals surface area contributed by atoms with Gasteiger partial charge in [0.25, 0.3) is 0 Å². The lowest BCUT2D eigenvalue weighted by Crippen LogP contribution is -2.59. The number of benzene rings is 1. The minimum Gasteiger partial charge on any atom is -0.300 e. The molecule has 1 aromatic carbocycles. The number of unbranched alkanes of at least 4 members (excludes halogenated alkanes) is 1. The molecule has 0 aromatic heterocycles. The number of nitrogens with zero attached hydrogens (tertiary/aromatic N) is 1. The van der Waals surface area contributed by atoms with E-state index >= 15 is 0 Å². The molecule has 1 atom stereocenters. The first-order chi connectivity index (χ1) is 15.3. The Morgan fingerprint density at radius 3 is 2.27 bits per heavy atom. The van der Waals surface area contributed by atoms with Gasteiger partial charge in [-0.25, -0.2) is 9.38 Å². The first-order valence-corrected chi connectivity index (χ1v) is 11.3. The number of aryl methyl sites for hydroxylation is 1. The third-order valence-corrected chi connectivity index (χ3v) is 6.40. The maximum Gasteiger partial charge on any atom is 0.313 e. The van der Waals surface area contributed by atoms with Crippen LogP contribution in [-0.2, 0) is 4.79 Å². The highest BCUT2D eigenvalue weighted by atomic mass is 19.3. The Bertz CT molecular complexity index is 914. The third-order valence-electron chi connectivity index (χ3n) is 6.40. The van der Waals surface area contributed by atoms with E-state index in [4.69, 9.17) is 6.42 Å². The summed E-state index contributed by atoms with van der Waals surface area (Å²) in [6, 6.07) is 4.17. The number of carbonyl (C=O) groups is 1. The molecule has 2 fully saturated rings. The highest BCUT2D eigenvalue weighted by molar-refractivity contribution is 6.01. The number of terminal acetylenes is 1. The Labute approximate surface area is 194 Å². The standard InChI is InChI=1S/C20H20F5NO.C6H12.H2/c1-3-16(26-18-11-15(21)9-8-13(18)2)6-4-5-7-17(27)10-14-12-19(22,23)20(14,24)25;1-6(2)4-3-5-6;/h1,8-9,11,14H,4-7,10,12H2,2H3;3-5H2,1-2H3;1H. The van der Waals surface area contributed by atoms with Gasteiger partial charge in [0.15, 0.2) is 0 Å². The second-order valence-corrected chi connectivity index (χ2v) is 9.83. The summed E-state index contributed by atoms with van der Waals surface area (Å²) in [5.74, 6) is -8.17. The van der Waals surface area contributed by atoms with Crippen molar-refractivity contribution in [1.82, 2.24) is 0 Å². The van der Waals surface area contributed by atoms with E-state index in [-0.39, 0.29) is 7.85 Å². The molecule has 2 aliphatic carbocycles. The molecule has 1 unspecified atom stereocenters. The van der Waals surface area contributed by atoms with Gasteiger partial charge in [0, 0.05) is 26.6 Å². The monoisotopic (exact) mass is 471 g/mol. The van der Waals surface area contributed by atoms with Gasteiger partial charge in [-0.05, 0) is 62.1 Å². The van der Waals surface area contributed by atoms with Crippen molar-refractivity contribution in [3.8, 4) is 12.3 Å². The van der Waals surface area contributed by atoms with Crippen LogP contribution >= 0.6 is 0 Å². The van der Waals surface area contributed by atoms with Gasteiger partial charge in [0.2, 0.25) is 0 Å². The van der Waals surface area contributed by atoms with Crippen molar-refractivity contribution in [2.75, 3.05) is 0 Å². The quantitative estimate of drug-likeness (QED) is 0.163. The van der Waals surface area contributed by atoms with Gasteiger partial charge in [-0.1, -0.05) is 32.3 Å². The zero-order chi connectivity index (χ0) is 24.9. The van der Waals surface area contributed by atoms with Crippen LogP contribution in [0.3, 0.4) is 0 Å². The van der Waals surface area contributed by atoms with Crippen molar-refractivity contribution in [3.05, 3.63) is 29.6 Å². The van der Waals surface area contributed by atoms with Crippen molar-refractivity contribution >= 4 is 17.2 Å². The molecule has 2 saturated carbocycles. The molecule has 33 heavy (non-hydrogen) atoms. The fraction of sp³-hybridized carbons (Fsp3) is 0.615. The molecule has 2 aliphatic rings. The smallest absolute Gasteiger partial charge is 0.300 e. The van der Waals surface area contributed by atoms with E-state index < -0.39 is 42.2 Å². The molecule has 2 nitrogen and oxygen atoms in total. The molecule has 3 rings (SSSR count). The summed E-state index contributed by atoms with van der Waals surface area (Å²) >= 11 is 0. The van der Waals surface area contributed by atoms with Gasteiger partial charge in [-0.2, -0.15) is 17.6 Å². The van der Waals surface area contributed by atoms with Crippen LogP contribution < -0.4 is 0 Å². The van der Waals surface area contributed by atoms with Crippen molar-refractivity contribution in [1.29, 1.82) is 0 Å². The molecule has 0 heterocycles. The molecule has 7 heteroatoms. The van der Waals surface area contributed by atoms with Gasteiger partial charge in [-0.3, -0.25) is 4.79 Å². The molecule has 0 spiro atoms. The number of rotatable bonds is 8. The molecule has 0 radical (unpaired) electrons. The Hall–Kier alpha value is -2.23. The predicted molar refractivity (Wildman–Crippen MR) is 123 cm³/mol. The highest BCUT2D eigenvalue weighted by Crippen LogP contribution is 2.56. The normalized spacial score (nSPS) is 22.2. The molecule has 0 N–H and O–H groups in total. The van der Waals surface area contributed by atoms with Crippen molar-refractivity contribution in [2.45, 2.75) is 90.4 Å². The van der Waals surface area contributed by atoms with Crippen LogP contribution in [-0.4, -0.2) is 23.3 Å². The summed E-state index contributed by atoms with van der Waals surface area (Å²) in [5.41, 5.74) is 2.30. The number of ketones is 1. The topological polar surface area (TPSA) is 29.4 Å². The number of Topliss-reactive ketones (excluding diaryl/α,β-unsaturated/α-hetero) is 1. The van der Waals surface area contributed by atoms with E-state index in [2.05, 4.69) is 24.8 Å². The lowest BCUT2D eigenvalue weighted by atomic mass is 9.72. The number of hydrogen-bond acceptors (Lipinski definition) is 2. The van der Waals surface area contributed by atoms with Gasteiger partial charge < -0.3 is 0 Å². The molecular formula is C26H34F5NO. The van der Waals surface area contributed by atoms with Crippen molar-refractivity contribution in [2.24, 2.45) is 16.3 Å². The molecule has 0 bridgehead atoms. The number of alkyl halides is 4. The fourth-order valence-electron chi connectivity index (χ4n) is 3.83. The molecule has 0 aliphatic heterocycles. The zero-order valence-electron chi connectivity index (χ0n) is 19.5. The molecule has 0 saturated heterocycles. The van der Waals surface area contributed by atoms with Crippen LogP contribution in [0.4, 0.5) is 27.6 Å². The summed E-state index contributed by atoms with van der Waals surface area (Å²) < 4.78 is 65.2. The van der Waals surface area contributed by atoms with E-state index in [1.807, 2.05) is 0 Å².